The lowest BCUT2D eigenvalue weighted by Gasteiger charge is -2.08. The van der Waals surface area contributed by atoms with E-state index >= 15 is 0 Å². The number of rotatable bonds is 4. The monoisotopic (exact) mass is 281 g/mol. The molecule has 1 aliphatic rings. The van der Waals surface area contributed by atoms with Crippen molar-refractivity contribution in [2.75, 3.05) is 6.54 Å². The number of hydrogen-bond acceptors (Lipinski definition) is 2. The highest BCUT2D eigenvalue weighted by Crippen LogP contribution is 2.36. The molecule has 1 atom stereocenters. The lowest BCUT2D eigenvalue weighted by Crippen LogP contribution is -2.26. The van der Waals surface area contributed by atoms with E-state index in [-0.39, 0.29) is 12.0 Å². The van der Waals surface area contributed by atoms with E-state index in [1.165, 1.54) is 22.3 Å². The Kier molecular flexibility index (Phi) is 3.76. The maximum Gasteiger partial charge on any atom is 0.251 e. The minimum absolute atomic E-state index is 0.0746. The van der Waals surface area contributed by atoms with Crippen LogP contribution in [0.3, 0.4) is 0 Å². The molecule has 1 aliphatic carbocycles. The van der Waals surface area contributed by atoms with Gasteiger partial charge in [-0.2, -0.15) is 0 Å². The molecule has 0 aliphatic heterocycles. The van der Waals surface area contributed by atoms with Crippen LogP contribution in [-0.4, -0.2) is 23.7 Å². The summed E-state index contributed by atoms with van der Waals surface area (Å²) < 4.78 is 0. The molecule has 0 fully saturated rings. The highest BCUT2D eigenvalue weighted by atomic mass is 16.3. The zero-order chi connectivity index (χ0) is 14.8. The highest BCUT2D eigenvalue weighted by molar-refractivity contribution is 5.95. The summed E-state index contributed by atoms with van der Waals surface area (Å²) in [6.07, 6.45) is 1.07. The molecule has 3 rings (SSSR count). The molecular weight excluding hydrogens is 262 g/mol. The first-order valence-corrected chi connectivity index (χ1v) is 7.32. The maximum absolute atomic E-state index is 12.1. The fourth-order valence-electron chi connectivity index (χ4n) is 2.78. The van der Waals surface area contributed by atoms with Gasteiger partial charge in [0.15, 0.2) is 0 Å². The molecule has 108 valence electrons. The van der Waals surface area contributed by atoms with Gasteiger partial charge in [0.05, 0.1) is 6.10 Å². The molecule has 3 nitrogen and oxygen atoms in total. The molecule has 2 aromatic carbocycles. The molecule has 0 bridgehead atoms. The number of aliphatic hydroxyl groups is 1. The largest absolute Gasteiger partial charge is 0.393 e. The Balaban J connectivity index is 1.76. The minimum atomic E-state index is -0.389. The Morgan fingerprint density at radius 3 is 2.76 bits per heavy atom. The summed E-state index contributed by atoms with van der Waals surface area (Å²) in [6, 6.07) is 14.2. The average molecular weight is 281 g/mol. The zero-order valence-corrected chi connectivity index (χ0v) is 12.1. The van der Waals surface area contributed by atoms with Crippen LogP contribution < -0.4 is 5.32 Å². The molecule has 2 aromatic rings. The van der Waals surface area contributed by atoms with E-state index in [2.05, 4.69) is 17.4 Å². The van der Waals surface area contributed by atoms with E-state index in [0.29, 0.717) is 18.5 Å². The molecule has 21 heavy (non-hydrogen) atoms. The van der Waals surface area contributed by atoms with Crippen LogP contribution in [0, 0.1) is 0 Å². The third kappa shape index (κ3) is 2.83. The molecule has 0 radical (unpaired) electrons. The minimum Gasteiger partial charge on any atom is -0.393 e. The molecule has 0 saturated carbocycles. The van der Waals surface area contributed by atoms with E-state index in [4.69, 9.17) is 0 Å². The summed E-state index contributed by atoms with van der Waals surface area (Å²) in [4.78, 5) is 12.1. The topological polar surface area (TPSA) is 49.3 Å². The van der Waals surface area contributed by atoms with Gasteiger partial charge in [-0.05, 0) is 54.2 Å². The van der Waals surface area contributed by atoms with Crippen LogP contribution in [0.4, 0.5) is 0 Å². The van der Waals surface area contributed by atoms with Crippen molar-refractivity contribution in [1.29, 1.82) is 0 Å². The van der Waals surface area contributed by atoms with Gasteiger partial charge in [0.1, 0.15) is 0 Å². The highest BCUT2D eigenvalue weighted by Gasteiger charge is 2.19. The van der Waals surface area contributed by atoms with Crippen LogP contribution >= 0.6 is 0 Å². The molecule has 0 aromatic heterocycles. The second-order valence-corrected chi connectivity index (χ2v) is 5.60. The number of fused-ring (bicyclic) bond motifs is 3. The molecule has 0 heterocycles. The number of carbonyl (C=O) groups excluding carboxylic acids is 1. The lowest BCUT2D eigenvalue weighted by atomic mass is 10.0. The Morgan fingerprint density at radius 2 is 1.95 bits per heavy atom. The van der Waals surface area contributed by atoms with Gasteiger partial charge in [-0.1, -0.05) is 30.3 Å². The van der Waals surface area contributed by atoms with E-state index in [1.807, 2.05) is 30.3 Å². The molecule has 1 unspecified atom stereocenters. The van der Waals surface area contributed by atoms with Crippen LogP contribution in [0.15, 0.2) is 42.5 Å². The summed E-state index contributed by atoms with van der Waals surface area (Å²) in [5.41, 5.74) is 5.71. The van der Waals surface area contributed by atoms with Gasteiger partial charge in [-0.25, -0.2) is 0 Å². The van der Waals surface area contributed by atoms with Gasteiger partial charge >= 0.3 is 0 Å². The quantitative estimate of drug-likeness (QED) is 0.772. The Labute approximate surface area is 124 Å². The second kappa shape index (κ2) is 5.70. The summed E-state index contributed by atoms with van der Waals surface area (Å²) in [5.74, 6) is -0.0746. The number of aliphatic hydroxyl groups excluding tert-OH is 1. The number of carbonyl (C=O) groups is 1. The SMILES string of the molecule is CC(O)CCNC(=O)c1ccc2c(c1)Cc1ccccc1-2. The van der Waals surface area contributed by atoms with E-state index < -0.39 is 0 Å². The lowest BCUT2D eigenvalue weighted by molar-refractivity contribution is 0.0945. The number of nitrogens with one attached hydrogen (secondary N) is 1. The standard InChI is InChI=1S/C18H19NO2/c1-12(20)8-9-19-18(21)14-6-7-17-15(11-14)10-13-4-2-3-5-16(13)17/h2-7,11-12,20H,8-10H2,1H3,(H,19,21). The third-order valence-corrected chi connectivity index (χ3v) is 3.90. The molecular formula is C18H19NO2. The normalized spacial score (nSPS) is 13.4. The van der Waals surface area contributed by atoms with Crippen molar-refractivity contribution in [2.24, 2.45) is 0 Å². The maximum atomic E-state index is 12.1. The van der Waals surface area contributed by atoms with Crippen LogP contribution in [0.5, 0.6) is 0 Å². The van der Waals surface area contributed by atoms with Crippen molar-refractivity contribution >= 4 is 5.91 Å². The van der Waals surface area contributed by atoms with Crippen molar-refractivity contribution < 1.29 is 9.90 Å². The van der Waals surface area contributed by atoms with Gasteiger partial charge in [-0.15, -0.1) is 0 Å². The molecule has 1 amide bonds. The fourth-order valence-corrected chi connectivity index (χ4v) is 2.78. The Morgan fingerprint density at radius 1 is 1.19 bits per heavy atom. The van der Waals surface area contributed by atoms with Crippen molar-refractivity contribution in [2.45, 2.75) is 25.9 Å². The van der Waals surface area contributed by atoms with Crippen LogP contribution in [0.2, 0.25) is 0 Å². The first-order chi connectivity index (χ1) is 10.1. The Bertz CT molecular complexity index is 677. The molecule has 0 spiro atoms. The summed E-state index contributed by atoms with van der Waals surface area (Å²) in [5, 5.41) is 12.1. The van der Waals surface area contributed by atoms with Gasteiger partial charge in [0, 0.05) is 12.1 Å². The van der Waals surface area contributed by atoms with Crippen LogP contribution in [0.1, 0.15) is 34.8 Å². The average Bonchev–Trinajstić information content (AvgIpc) is 2.84. The van der Waals surface area contributed by atoms with Crippen LogP contribution in [-0.2, 0) is 6.42 Å². The van der Waals surface area contributed by atoms with E-state index in [9.17, 15) is 9.90 Å². The zero-order valence-electron chi connectivity index (χ0n) is 12.1. The first-order valence-electron chi connectivity index (χ1n) is 7.32. The van der Waals surface area contributed by atoms with Gasteiger partial charge in [0.25, 0.3) is 5.91 Å². The van der Waals surface area contributed by atoms with Gasteiger partial charge in [-0.3, -0.25) is 4.79 Å². The summed E-state index contributed by atoms with van der Waals surface area (Å²) in [7, 11) is 0. The number of benzene rings is 2. The summed E-state index contributed by atoms with van der Waals surface area (Å²) >= 11 is 0. The van der Waals surface area contributed by atoms with Crippen molar-refractivity contribution in [3.05, 3.63) is 59.2 Å². The second-order valence-electron chi connectivity index (χ2n) is 5.60. The van der Waals surface area contributed by atoms with E-state index in [1.54, 1.807) is 6.92 Å². The first kappa shape index (κ1) is 13.8. The fraction of sp³-hybridized carbons (Fsp3) is 0.278. The molecule has 3 heteroatoms. The van der Waals surface area contributed by atoms with Crippen molar-refractivity contribution in [1.82, 2.24) is 5.32 Å². The number of hydrogen-bond donors (Lipinski definition) is 2. The molecule has 0 saturated heterocycles. The van der Waals surface area contributed by atoms with Gasteiger partial charge in [0.2, 0.25) is 0 Å². The Hall–Kier alpha value is -2.13. The molecule has 2 N–H and O–H groups in total. The van der Waals surface area contributed by atoms with E-state index in [0.717, 1.165) is 6.42 Å². The third-order valence-electron chi connectivity index (χ3n) is 3.90. The smallest absolute Gasteiger partial charge is 0.251 e. The van der Waals surface area contributed by atoms with Crippen molar-refractivity contribution in [3.63, 3.8) is 0 Å². The van der Waals surface area contributed by atoms with Gasteiger partial charge < -0.3 is 10.4 Å². The predicted octanol–water partition coefficient (Wildman–Crippen LogP) is 2.76. The predicted molar refractivity (Wildman–Crippen MR) is 83.3 cm³/mol. The van der Waals surface area contributed by atoms with Crippen molar-refractivity contribution in [3.8, 4) is 11.1 Å². The van der Waals surface area contributed by atoms with Crippen LogP contribution in [0.25, 0.3) is 11.1 Å². The summed E-state index contributed by atoms with van der Waals surface area (Å²) in [6.45, 7) is 2.21. The number of amides is 1.